The number of H-pyrrole nitrogens is 1. The van der Waals surface area contributed by atoms with Gasteiger partial charge in [0, 0.05) is 36.2 Å². The maximum atomic E-state index is 13.5. The van der Waals surface area contributed by atoms with Gasteiger partial charge < -0.3 is 25.3 Å². The van der Waals surface area contributed by atoms with Crippen molar-refractivity contribution in [2.45, 2.75) is 38.1 Å². The van der Waals surface area contributed by atoms with Crippen LogP contribution in [0, 0.1) is 5.92 Å². The van der Waals surface area contributed by atoms with Crippen molar-refractivity contribution in [3.63, 3.8) is 0 Å². The lowest BCUT2D eigenvalue weighted by atomic mass is 9.87. The highest BCUT2D eigenvalue weighted by Gasteiger charge is 2.36. The molecule has 35 heavy (non-hydrogen) atoms. The van der Waals surface area contributed by atoms with Crippen LogP contribution in [-0.2, 0) is 27.2 Å². The van der Waals surface area contributed by atoms with E-state index in [1.165, 1.54) is 6.92 Å². The normalized spacial score (nSPS) is 16.5. The van der Waals surface area contributed by atoms with E-state index in [-0.39, 0.29) is 34.9 Å². The number of carboxylic acids is 1. The zero-order valence-electron chi connectivity index (χ0n) is 19.5. The lowest BCUT2D eigenvalue weighted by Crippen LogP contribution is -2.46. The number of hydrogen-bond donors (Lipinski definition) is 4. The number of carbonyl (C=O) groups excluding carboxylic acids is 2. The lowest BCUT2D eigenvalue weighted by Gasteiger charge is -2.25. The Morgan fingerprint density at radius 3 is 2.74 bits per heavy atom. The van der Waals surface area contributed by atoms with Crippen LogP contribution in [0.3, 0.4) is 0 Å². The summed E-state index contributed by atoms with van der Waals surface area (Å²) in [4.78, 5) is 40.3. The van der Waals surface area contributed by atoms with Crippen molar-refractivity contribution < 1.29 is 29.3 Å². The van der Waals surface area contributed by atoms with E-state index in [9.17, 15) is 24.6 Å². The quantitative estimate of drug-likeness (QED) is 0.356. The van der Waals surface area contributed by atoms with Gasteiger partial charge in [-0.1, -0.05) is 17.8 Å². The molecule has 0 aliphatic heterocycles. The fourth-order valence-corrected chi connectivity index (χ4v) is 5.59. The van der Waals surface area contributed by atoms with Crippen LogP contribution in [0.1, 0.15) is 36.0 Å². The zero-order chi connectivity index (χ0) is 25.1. The number of carboxylic acid groups (broad SMARTS) is 1. The Bertz CT molecular complexity index is 1270. The number of aryl methyl sites for hydroxylation is 1. The standard InChI is InChI=1S/C26H28N2O6S/c1-14(29)35-13-22(20-6-3-15-9-18(34-2)5-7-19(15)20)25(31)28-24(26(32)33)10-16-12-27-23-8-4-17(30)11-21(16)23/h4-5,7-9,11-12,20,22,24,27,30H,3,6,10,13H2,1-2H3,(H,28,31)(H,32,33). The van der Waals surface area contributed by atoms with Crippen molar-refractivity contribution in [2.75, 3.05) is 12.9 Å². The van der Waals surface area contributed by atoms with E-state index >= 15 is 0 Å². The molecule has 0 bridgehead atoms. The molecule has 1 aromatic heterocycles. The fourth-order valence-electron chi connectivity index (χ4n) is 4.79. The molecule has 3 unspecified atom stereocenters. The maximum Gasteiger partial charge on any atom is 0.326 e. The second kappa shape index (κ2) is 10.4. The molecule has 184 valence electrons. The summed E-state index contributed by atoms with van der Waals surface area (Å²) in [6.45, 7) is 1.46. The monoisotopic (exact) mass is 496 g/mol. The first kappa shape index (κ1) is 24.7. The summed E-state index contributed by atoms with van der Waals surface area (Å²) < 4.78 is 5.32. The summed E-state index contributed by atoms with van der Waals surface area (Å²) in [5, 5.41) is 23.0. The van der Waals surface area contributed by atoms with Gasteiger partial charge in [0.05, 0.1) is 13.0 Å². The van der Waals surface area contributed by atoms with Crippen LogP contribution < -0.4 is 10.1 Å². The molecule has 3 aromatic rings. The topological polar surface area (TPSA) is 129 Å². The number of phenolic OH excluding ortho intramolecular Hbond substituents is 1. The van der Waals surface area contributed by atoms with Gasteiger partial charge in [-0.25, -0.2) is 4.79 Å². The fraction of sp³-hybridized carbons (Fsp3) is 0.346. The number of nitrogens with one attached hydrogen (secondary N) is 2. The summed E-state index contributed by atoms with van der Waals surface area (Å²) in [7, 11) is 1.61. The zero-order valence-corrected chi connectivity index (χ0v) is 20.4. The van der Waals surface area contributed by atoms with Crippen molar-refractivity contribution in [2.24, 2.45) is 5.92 Å². The number of thioether (sulfide) groups is 1. The summed E-state index contributed by atoms with van der Waals surface area (Å²) >= 11 is 1.08. The van der Waals surface area contributed by atoms with Gasteiger partial charge in [-0.05, 0) is 65.8 Å². The minimum atomic E-state index is -1.16. The second-order valence-corrected chi connectivity index (χ2v) is 9.96. The van der Waals surface area contributed by atoms with Crippen molar-refractivity contribution in [1.29, 1.82) is 0 Å². The SMILES string of the molecule is COc1ccc2c(c1)CCC2C(CSC(C)=O)C(=O)NC(Cc1c[nH]c2ccc(O)cc12)C(=O)O. The van der Waals surface area contributed by atoms with Crippen LogP contribution in [0.25, 0.3) is 10.9 Å². The number of benzene rings is 2. The van der Waals surface area contributed by atoms with E-state index in [0.717, 1.165) is 47.0 Å². The number of amides is 1. The number of aromatic hydroxyl groups is 1. The molecule has 2 aromatic carbocycles. The molecule has 3 atom stereocenters. The van der Waals surface area contributed by atoms with Crippen LogP contribution in [0.5, 0.6) is 11.5 Å². The molecule has 0 radical (unpaired) electrons. The van der Waals surface area contributed by atoms with Crippen molar-refractivity contribution >= 4 is 39.7 Å². The third-order valence-electron chi connectivity index (χ3n) is 6.55. The molecule has 1 aliphatic rings. The van der Waals surface area contributed by atoms with Crippen LogP contribution in [0.4, 0.5) is 0 Å². The predicted molar refractivity (Wildman–Crippen MR) is 134 cm³/mol. The summed E-state index contributed by atoms with van der Waals surface area (Å²) in [6.07, 6.45) is 3.26. The number of carbonyl (C=O) groups is 3. The number of aromatic amines is 1. The Morgan fingerprint density at radius 2 is 2.03 bits per heavy atom. The van der Waals surface area contributed by atoms with Crippen LogP contribution >= 0.6 is 11.8 Å². The van der Waals surface area contributed by atoms with Gasteiger partial charge in [-0.15, -0.1) is 0 Å². The largest absolute Gasteiger partial charge is 0.508 e. The average molecular weight is 497 g/mol. The van der Waals surface area contributed by atoms with Crippen LogP contribution in [-0.4, -0.2) is 51.1 Å². The minimum Gasteiger partial charge on any atom is -0.508 e. The van der Waals surface area contributed by atoms with E-state index in [4.69, 9.17) is 4.74 Å². The first-order valence-electron chi connectivity index (χ1n) is 11.4. The number of rotatable bonds is 9. The number of fused-ring (bicyclic) bond motifs is 2. The van der Waals surface area contributed by atoms with Gasteiger partial charge in [0.2, 0.25) is 5.91 Å². The number of ether oxygens (including phenoxy) is 1. The van der Waals surface area contributed by atoms with E-state index in [1.807, 2.05) is 18.2 Å². The van der Waals surface area contributed by atoms with Crippen molar-refractivity contribution in [1.82, 2.24) is 10.3 Å². The van der Waals surface area contributed by atoms with Crippen LogP contribution in [0.15, 0.2) is 42.6 Å². The summed E-state index contributed by atoms with van der Waals surface area (Å²) in [5.41, 5.74) is 3.58. The van der Waals surface area contributed by atoms with Gasteiger partial charge in [-0.3, -0.25) is 9.59 Å². The molecule has 4 N–H and O–H groups in total. The number of hydrogen-bond acceptors (Lipinski definition) is 6. The molecule has 0 fully saturated rings. The van der Waals surface area contributed by atoms with E-state index < -0.39 is 17.9 Å². The number of aliphatic carboxylic acids is 1. The Morgan fingerprint density at radius 1 is 1.23 bits per heavy atom. The molecule has 0 saturated carbocycles. The summed E-state index contributed by atoms with van der Waals surface area (Å²) in [5.74, 6) is -1.13. The van der Waals surface area contributed by atoms with E-state index in [1.54, 1.807) is 31.5 Å². The first-order valence-corrected chi connectivity index (χ1v) is 12.4. The molecular weight excluding hydrogens is 468 g/mol. The van der Waals surface area contributed by atoms with Gasteiger partial charge in [0.1, 0.15) is 17.5 Å². The maximum absolute atomic E-state index is 13.5. The second-order valence-electron chi connectivity index (χ2n) is 8.77. The molecule has 1 heterocycles. The lowest BCUT2D eigenvalue weighted by molar-refractivity contribution is -0.142. The number of phenols is 1. The van der Waals surface area contributed by atoms with E-state index in [0.29, 0.717) is 10.9 Å². The molecule has 0 spiro atoms. The smallest absolute Gasteiger partial charge is 0.326 e. The Balaban J connectivity index is 1.57. The molecule has 8 nitrogen and oxygen atoms in total. The minimum absolute atomic E-state index is 0.0511. The molecule has 1 amide bonds. The van der Waals surface area contributed by atoms with Crippen molar-refractivity contribution in [3.8, 4) is 11.5 Å². The van der Waals surface area contributed by atoms with Gasteiger partial charge in [0.15, 0.2) is 5.12 Å². The first-order chi connectivity index (χ1) is 16.8. The van der Waals surface area contributed by atoms with E-state index in [2.05, 4.69) is 10.3 Å². The molecular formula is C26H28N2O6S. The third-order valence-corrected chi connectivity index (χ3v) is 7.48. The Kier molecular flexibility index (Phi) is 7.35. The highest BCUT2D eigenvalue weighted by molar-refractivity contribution is 8.13. The molecule has 1 aliphatic carbocycles. The molecule has 0 saturated heterocycles. The summed E-state index contributed by atoms with van der Waals surface area (Å²) in [6, 6.07) is 9.45. The number of aromatic nitrogens is 1. The number of methoxy groups -OCH3 is 1. The molecule has 4 rings (SSSR count). The molecule has 9 heteroatoms. The van der Waals surface area contributed by atoms with Gasteiger partial charge in [-0.2, -0.15) is 0 Å². The highest BCUT2D eigenvalue weighted by Crippen LogP contribution is 2.41. The average Bonchev–Trinajstić information content (AvgIpc) is 3.42. The Labute approximate surface area is 207 Å². The van der Waals surface area contributed by atoms with Crippen LogP contribution in [0.2, 0.25) is 0 Å². The Hall–Kier alpha value is -3.46. The third kappa shape index (κ3) is 5.45. The van der Waals surface area contributed by atoms with Gasteiger partial charge in [0.25, 0.3) is 0 Å². The highest BCUT2D eigenvalue weighted by atomic mass is 32.2. The van der Waals surface area contributed by atoms with Crippen molar-refractivity contribution in [3.05, 3.63) is 59.3 Å². The van der Waals surface area contributed by atoms with Gasteiger partial charge >= 0.3 is 5.97 Å². The predicted octanol–water partition coefficient (Wildman–Crippen LogP) is 3.62.